The van der Waals surface area contributed by atoms with Crippen molar-refractivity contribution in [3.05, 3.63) is 29.8 Å². The van der Waals surface area contributed by atoms with Crippen molar-refractivity contribution in [2.75, 3.05) is 47.1 Å². The van der Waals surface area contributed by atoms with Gasteiger partial charge in [0.25, 0.3) is 0 Å². The number of halogens is 1. The molecule has 0 saturated carbocycles. The molecule has 1 aliphatic rings. The molecule has 7 heteroatoms. The van der Waals surface area contributed by atoms with Gasteiger partial charge in [0.05, 0.1) is 19.3 Å². The fraction of sp³-hybridized carbons (Fsp3) is 0.667. The van der Waals surface area contributed by atoms with E-state index < -0.39 is 0 Å². The Morgan fingerprint density at radius 1 is 1.18 bits per heavy atom. The van der Waals surface area contributed by atoms with Gasteiger partial charge in [-0.25, -0.2) is 0 Å². The van der Waals surface area contributed by atoms with Crippen molar-refractivity contribution in [2.45, 2.75) is 44.6 Å². The number of hydrogen-bond acceptors (Lipinski definition) is 4. The van der Waals surface area contributed by atoms with Crippen LogP contribution in [0.4, 0.5) is 0 Å². The normalized spacial score (nSPS) is 17.4. The van der Waals surface area contributed by atoms with Crippen LogP contribution in [-0.4, -0.2) is 58.6 Å². The number of nitrogens with zero attached hydrogens (tertiary/aromatic N) is 1. The van der Waals surface area contributed by atoms with Crippen molar-refractivity contribution < 1.29 is 14.2 Å². The Bertz CT molecular complexity index is 575. The molecule has 0 bridgehead atoms. The minimum Gasteiger partial charge on any atom is -0.497 e. The highest BCUT2D eigenvalue weighted by molar-refractivity contribution is 14.0. The lowest BCUT2D eigenvalue weighted by Crippen LogP contribution is -2.44. The number of ether oxygens (including phenoxy) is 3. The van der Waals surface area contributed by atoms with Gasteiger partial charge in [-0.3, -0.25) is 4.99 Å². The zero-order valence-corrected chi connectivity index (χ0v) is 20.0. The van der Waals surface area contributed by atoms with Gasteiger partial charge in [-0.15, -0.1) is 24.0 Å². The van der Waals surface area contributed by atoms with E-state index in [1.54, 1.807) is 14.2 Å². The molecule has 1 aromatic rings. The molecule has 1 heterocycles. The van der Waals surface area contributed by atoms with Crippen LogP contribution in [-0.2, 0) is 9.47 Å². The third-order valence-corrected chi connectivity index (χ3v) is 5.26. The maximum atomic E-state index is 5.77. The monoisotopic (exact) mass is 505 g/mol. The molecule has 1 atom stereocenters. The van der Waals surface area contributed by atoms with Gasteiger partial charge in [-0.1, -0.05) is 19.1 Å². The Labute approximate surface area is 186 Å². The molecule has 1 saturated heterocycles. The molecule has 1 aromatic carbocycles. The van der Waals surface area contributed by atoms with Crippen molar-refractivity contribution >= 4 is 29.9 Å². The molecule has 2 N–H and O–H groups in total. The van der Waals surface area contributed by atoms with E-state index in [9.17, 15) is 0 Å². The standard InChI is InChI=1S/C21H35N3O3.HI/c1-5-22-20(24-16-21(26-4)11-14-27-15-12-21)23-13-10-17(2)18-6-8-19(25-3)9-7-18;/h6-9,17H,5,10-16H2,1-4H3,(H2,22,23,24);1H. The van der Waals surface area contributed by atoms with Gasteiger partial charge >= 0.3 is 0 Å². The van der Waals surface area contributed by atoms with Crippen LogP contribution in [0.1, 0.15) is 44.6 Å². The second kappa shape index (κ2) is 13.2. The molecule has 6 nitrogen and oxygen atoms in total. The molecule has 0 amide bonds. The van der Waals surface area contributed by atoms with E-state index in [1.807, 2.05) is 12.1 Å². The summed E-state index contributed by atoms with van der Waals surface area (Å²) in [5, 5.41) is 6.78. The van der Waals surface area contributed by atoms with Gasteiger partial charge in [0.1, 0.15) is 5.75 Å². The Morgan fingerprint density at radius 3 is 2.43 bits per heavy atom. The molecule has 1 aliphatic heterocycles. The summed E-state index contributed by atoms with van der Waals surface area (Å²) in [4.78, 5) is 4.77. The largest absolute Gasteiger partial charge is 0.497 e. The van der Waals surface area contributed by atoms with E-state index in [4.69, 9.17) is 19.2 Å². The van der Waals surface area contributed by atoms with Gasteiger partial charge in [0.2, 0.25) is 0 Å². The third kappa shape index (κ3) is 7.75. The van der Waals surface area contributed by atoms with Crippen LogP contribution in [0.25, 0.3) is 0 Å². The SMILES string of the molecule is CCNC(=NCC1(OC)CCOCC1)NCCC(C)c1ccc(OC)cc1.I. The Balaban J connectivity index is 0.00000392. The predicted octanol–water partition coefficient (Wildman–Crippen LogP) is 3.56. The number of rotatable bonds is 9. The van der Waals surface area contributed by atoms with Crippen LogP contribution >= 0.6 is 24.0 Å². The molecule has 0 aliphatic carbocycles. The summed E-state index contributed by atoms with van der Waals surface area (Å²) < 4.78 is 16.5. The van der Waals surface area contributed by atoms with Crippen LogP contribution < -0.4 is 15.4 Å². The zero-order valence-electron chi connectivity index (χ0n) is 17.6. The second-order valence-corrected chi connectivity index (χ2v) is 7.08. The fourth-order valence-electron chi connectivity index (χ4n) is 3.24. The summed E-state index contributed by atoms with van der Waals surface area (Å²) in [5.41, 5.74) is 1.12. The molecule has 0 aromatic heterocycles. The second-order valence-electron chi connectivity index (χ2n) is 7.08. The molecule has 2 rings (SSSR count). The van der Waals surface area contributed by atoms with Crippen molar-refractivity contribution in [3.63, 3.8) is 0 Å². The van der Waals surface area contributed by atoms with E-state index in [2.05, 4.69) is 36.6 Å². The zero-order chi connectivity index (χ0) is 19.5. The van der Waals surface area contributed by atoms with Crippen LogP contribution in [0.2, 0.25) is 0 Å². The van der Waals surface area contributed by atoms with Gasteiger partial charge in [0.15, 0.2) is 5.96 Å². The lowest BCUT2D eigenvalue weighted by atomic mass is 9.94. The molecule has 1 fully saturated rings. The molecule has 160 valence electrons. The third-order valence-electron chi connectivity index (χ3n) is 5.26. The molecule has 28 heavy (non-hydrogen) atoms. The lowest BCUT2D eigenvalue weighted by Gasteiger charge is -2.34. The average molecular weight is 505 g/mol. The molecule has 0 spiro atoms. The number of guanidine groups is 1. The lowest BCUT2D eigenvalue weighted by molar-refractivity contribution is -0.0828. The average Bonchev–Trinajstić information content (AvgIpc) is 2.72. The Kier molecular flexibility index (Phi) is 11.8. The van der Waals surface area contributed by atoms with E-state index in [0.29, 0.717) is 12.5 Å². The predicted molar refractivity (Wildman–Crippen MR) is 125 cm³/mol. The van der Waals surface area contributed by atoms with Crippen molar-refractivity contribution in [2.24, 2.45) is 4.99 Å². The van der Waals surface area contributed by atoms with Gasteiger partial charge in [0, 0.05) is 46.3 Å². The number of benzene rings is 1. The maximum Gasteiger partial charge on any atom is 0.191 e. The summed E-state index contributed by atoms with van der Waals surface area (Å²) in [6.45, 7) is 8.16. The van der Waals surface area contributed by atoms with Gasteiger partial charge in [-0.2, -0.15) is 0 Å². The first-order chi connectivity index (χ1) is 13.1. The molecule has 1 unspecified atom stereocenters. The van der Waals surface area contributed by atoms with E-state index in [0.717, 1.165) is 57.3 Å². The Morgan fingerprint density at radius 2 is 1.86 bits per heavy atom. The summed E-state index contributed by atoms with van der Waals surface area (Å²) in [6.07, 6.45) is 2.81. The van der Waals surface area contributed by atoms with Crippen LogP contribution in [0, 0.1) is 0 Å². The number of aliphatic imine (C=N–C) groups is 1. The van der Waals surface area contributed by atoms with Crippen molar-refractivity contribution in [3.8, 4) is 5.75 Å². The molecular weight excluding hydrogens is 469 g/mol. The van der Waals surface area contributed by atoms with Gasteiger partial charge < -0.3 is 24.8 Å². The van der Waals surface area contributed by atoms with E-state index in [-0.39, 0.29) is 29.6 Å². The number of nitrogens with one attached hydrogen (secondary N) is 2. The van der Waals surface area contributed by atoms with Crippen molar-refractivity contribution in [1.82, 2.24) is 10.6 Å². The Hall–Kier alpha value is -1.06. The van der Waals surface area contributed by atoms with E-state index in [1.165, 1.54) is 5.56 Å². The summed E-state index contributed by atoms with van der Waals surface area (Å²) >= 11 is 0. The van der Waals surface area contributed by atoms with E-state index >= 15 is 0 Å². The highest BCUT2D eigenvalue weighted by Crippen LogP contribution is 2.25. The summed E-state index contributed by atoms with van der Waals surface area (Å²) in [7, 11) is 3.47. The number of hydrogen-bond donors (Lipinski definition) is 2. The van der Waals surface area contributed by atoms with Crippen molar-refractivity contribution in [1.29, 1.82) is 0 Å². The summed E-state index contributed by atoms with van der Waals surface area (Å²) in [5.74, 6) is 2.21. The van der Waals surface area contributed by atoms with Crippen LogP contribution in [0.3, 0.4) is 0 Å². The smallest absolute Gasteiger partial charge is 0.191 e. The molecular formula is C21H36IN3O3. The summed E-state index contributed by atoms with van der Waals surface area (Å²) in [6, 6.07) is 8.30. The highest BCUT2D eigenvalue weighted by atomic mass is 127. The van der Waals surface area contributed by atoms with Crippen LogP contribution in [0.15, 0.2) is 29.3 Å². The number of methoxy groups -OCH3 is 2. The minimum atomic E-state index is -0.197. The maximum absolute atomic E-state index is 5.77. The molecule has 0 radical (unpaired) electrons. The fourth-order valence-corrected chi connectivity index (χ4v) is 3.24. The first kappa shape index (κ1) is 25.0. The first-order valence-electron chi connectivity index (χ1n) is 9.91. The topological polar surface area (TPSA) is 64.1 Å². The van der Waals surface area contributed by atoms with Gasteiger partial charge in [-0.05, 0) is 37.0 Å². The first-order valence-corrected chi connectivity index (χ1v) is 9.91. The van der Waals surface area contributed by atoms with Crippen LogP contribution in [0.5, 0.6) is 5.75 Å². The minimum absolute atomic E-state index is 0. The highest BCUT2D eigenvalue weighted by Gasteiger charge is 2.32. The quantitative estimate of drug-likeness (QED) is 0.305.